The zero-order valence-corrected chi connectivity index (χ0v) is 14.6. The third kappa shape index (κ3) is 2.44. The zero-order chi connectivity index (χ0) is 16.0. The number of urea groups is 1. The number of aryl methyl sites for hydroxylation is 1. The SMILES string of the molecule is Cn1nc(N2CCC(=O)NC2=O)c2cc(F)c(I(C)C)cc21. The van der Waals surface area contributed by atoms with Crippen molar-refractivity contribution in [1.29, 1.82) is 0 Å². The van der Waals surface area contributed by atoms with Crippen LogP contribution in [0, 0.1) is 9.39 Å². The van der Waals surface area contributed by atoms with E-state index in [4.69, 9.17) is 0 Å². The van der Waals surface area contributed by atoms with Crippen molar-refractivity contribution >= 4 is 48.5 Å². The summed E-state index contributed by atoms with van der Waals surface area (Å²) in [6, 6.07) is 2.77. The van der Waals surface area contributed by atoms with Gasteiger partial charge in [0, 0.05) is 0 Å². The number of hydrogen-bond acceptors (Lipinski definition) is 3. The third-order valence-corrected chi connectivity index (χ3v) is 6.74. The van der Waals surface area contributed by atoms with Gasteiger partial charge in [0.1, 0.15) is 0 Å². The van der Waals surface area contributed by atoms with Gasteiger partial charge in [0.25, 0.3) is 0 Å². The second-order valence-corrected chi connectivity index (χ2v) is 10.7. The van der Waals surface area contributed by atoms with Crippen LogP contribution >= 0.6 is 19.8 Å². The van der Waals surface area contributed by atoms with E-state index in [1.54, 1.807) is 11.7 Å². The number of imide groups is 1. The zero-order valence-electron chi connectivity index (χ0n) is 12.5. The van der Waals surface area contributed by atoms with Crippen molar-refractivity contribution in [3.8, 4) is 0 Å². The fraction of sp³-hybridized carbons (Fsp3) is 0.357. The molecule has 8 heteroatoms. The first kappa shape index (κ1) is 15.2. The van der Waals surface area contributed by atoms with Crippen LogP contribution < -0.4 is 10.2 Å². The van der Waals surface area contributed by atoms with E-state index in [2.05, 4.69) is 20.3 Å². The van der Waals surface area contributed by atoms with Crippen molar-refractivity contribution in [1.82, 2.24) is 15.1 Å². The van der Waals surface area contributed by atoms with Crippen molar-refractivity contribution in [2.75, 3.05) is 21.3 Å². The van der Waals surface area contributed by atoms with Gasteiger partial charge in [-0.1, -0.05) is 0 Å². The Labute approximate surface area is 134 Å². The molecule has 0 aliphatic carbocycles. The summed E-state index contributed by atoms with van der Waals surface area (Å²) in [5.41, 5.74) is 0.794. The summed E-state index contributed by atoms with van der Waals surface area (Å²) in [7, 11) is 1.77. The first-order chi connectivity index (χ1) is 10.4. The number of hydrogen-bond donors (Lipinski definition) is 1. The number of carbonyl (C=O) groups excluding carboxylic acids is 2. The quantitative estimate of drug-likeness (QED) is 0.600. The van der Waals surface area contributed by atoms with Gasteiger partial charge in [0.2, 0.25) is 0 Å². The second-order valence-electron chi connectivity index (χ2n) is 5.24. The van der Waals surface area contributed by atoms with Crippen LogP contribution in [-0.4, -0.2) is 38.1 Å². The summed E-state index contributed by atoms with van der Waals surface area (Å²) in [5.74, 6) is -0.160. The van der Waals surface area contributed by atoms with Crippen LogP contribution in [0.5, 0.6) is 0 Å². The Bertz CT molecular complexity index is 787. The Balaban J connectivity index is 2.14. The molecule has 1 N–H and O–H groups in total. The van der Waals surface area contributed by atoms with Crippen LogP contribution in [0.3, 0.4) is 0 Å². The second kappa shape index (κ2) is 5.49. The molecule has 118 valence electrons. The van der Waals surface area contributed by atoms with Crippen molar-refractivity contribution in [3.05, 3.63) is 21.5 Å². The van der Waals surface area contributed by atoms with Gasteiger partial charge >= 0.3 is 134 Å². The number of alkyl halides is 2. The van der Waals surface area contributed by atoms with E-state index >= 15 is 0 Å². The molecule has 1 saturated heterocycles. The number of anilines is 1. The average Bonchev–Trinajstić information content (AvgIpc) is 2.74. The van der Waals surface area contributed by atoms with E-state index in [9.17, 15) is 14.0 Å². The molecule has 1 aromatic heterocycles. The van der Waals surface area contributed by atoms with Crippen LogP contribution in [0.25, 0.3) is 10.9 Å². The number of rotatable bonds is 2. The molecule has 0 spiro atoms. The monoisotopic (exact) mass is 418 g/mol. The molecule has 2 heterocycles. The molecule has 1 aromatic carbocycles. The van der Waals surface area contributed by atoms with E-state index in [-0.39, 0.29) is 24.7 Å². The van der Waals surface area contributed by atoms with Crippen molar-refractivity contribution < 1.29 is 14.0 Å². The van der Waals surface area contributed by atoms with Gasteiger partial charge in [-0.15, -0.1) is 0 Å². The molecule has 1 aliphatic heterocycles. The molecule has 3 amide bonds. The fourth-order valence-corrected chi connectivity index (χ4v) is 4.59. The van der Waals surface area contributed by atoms with Crippen LogP contribution in [0.4, 0.5) is 15.0 Å². The first-order valence-corrected chi connectivity index (χ1v) is 12.1. The van der Waals surface area contributed by atoms with Crippen LogP contribution in [0.15, 0.2) is 12.1 Å². The van der Waals surface area contributed by atoms with Gasteiger partial charge in [-0.2, -0.15) is 0 Å². The molecule has 0 bridgehead atoms. The van der Waals surface area contributed by atoms with E-state index < -0.39 is 25.9 Å². The molecule has 3 rings (SSSR count). The number of carbonyl (C=O) groups is 2. The fourth-order valence-electron chi connectivity index (χ4n) is 2.49. The predicted octanol–water partition coefficient (Wildman–Crippen LogP) is 2.09. The number of amides is 3. The third-order valence-electron chi connectivity index (χ3n) is 3.59. The molecule has 2 aromatic rings. The van der Waals surface area contributed by atoms with Crippen LogP contribution in [0.1, 0.15) is 6.42 Å². The molecular weight excluding hydrogens is 402 g/mol. The average molecular weight is 418 g/mol. The summed E-state index contributed by atoms with van der Waals surface area (Å²) in [5, 5.41) is 7.20. The Morgan fingerprint density at radius 1 is 1.32 bits per heavy atom. The number of aromatic nitrogens is 2. The molecule has 0 saturated carbocycles. The molecule has 22 heavy (non-hydrogen) atoms. The van der Waals surface area contributed by atoms with E-state index in [0.717, 1.165) is 9.09 Å². The maximum absolute atomic E-state index is 14.3. The minimum absolute atomic E-state index is 0.212. The van der Waals surface area contributed by atoms with Crippen LogP contribution in [0.2, 0.25) is 0 Å². The number of nitrogens with zero attached hydrogens (tertiary/aromatic N) is 3. The molecular formula is C14H16FIN4O2. The van der Waals surface area contributed by atoms with Gasteiger partial charge in [0.15, 0.2) is 0 Å². The molecule has 1 aliphatic rings. The van der Waals surface area contributed by atoms with Gasteiger partial charge in [0.05, 0.1) is 0 Å². The summed E-state index contributed by atoms with van der Waals surface area (Å²) in [6.07, 6.45) is 0.212. The first-order valence-electron chi connectivity index (χ1n) is 6.66. The van der Waals surface area contributed by atoms with Gasteiger partial charge in [-0.05, 0) is 0 Å². The molecule has 0 atom stereocenters. The Hall–Kier alpha value is -1.71. The Morgan fingerprint density at radius 2 is 2.05 bits per heavy atom. The van der Waals surface area contributed by atoms with E-state index in [1.807, 2.05) is 6.07 Å². The summed E-state index contributed by atoms with van der Waals surface area (Å²) >= 11 is -1.47. The van der Waals surface area contributed by atoms with Crippen molar-refractivity contribution in [3.63, 3.8) is 0 Å². The topological polar surface area (TPSA) is 67.2 Å². The van der Waals surface area contributed by atoms with E-state index in [1.165, 1.54) is 11.0 Å². The maximum atomic E-state index is 14.3. The molecule has 1 fully saturated rings. The standard InChI is InChI=1S/C14H16FIN4O2/c1-16(2)10-7-11-8(6-9(10)15)13(18-19(11)3)20-5-4-12(21)17-14(20)22/h6-7H,4-5H2,1-3H3,(H,17,21,22). The summed E-state index contributed by atoms with van der Waals surface area (Å²) in [6.45, 7) is 0.250. The number of fused-ring (bicyclic) bond motifs is 1. The summed E-state index contributed by atoms with van der Waals surface area (Å²) in [4.78, 5) is 28.8. The number of nitrogens with one attached hydrogen (secondary N) is 1. The number of halogens is 2. The van der Waals surface area contributed by atoms with Crippen molar-refractivity contribution in [2.24, 2.45) is 7.05 Å². The molecule has 6 nitrogen and oxygen atoms in total. The van der Waals surface area contributed by atoms with E-state index in [0.29, 0.717) is 11.2 Å². The number of benzene rings is 1. The van der Waals surface area contributed by atoms with Gasteiger partial charge < -0.3 is 0 Å². The summed E-state index contributed by atoms with van der Waals surface area (Å²) < 4.78 is 16.7. The van der Waals surface area contributed by atoms with Crippen molar-refractivity contribution in [2.45, 2.75) is 6.42 Å². The molecule has 0 radical (unpaired) electrons. The Kier molecular flexibility index (Phi) is 3.79. The molecule has 0 unspecified atom stereocenters. The van der Waals surface area contributed by atoms with Crippen LogP contribution in [-0.2, 0) is 11.8 Å². The van der Waals surface area contributed by atoms with Gasteiger partial charge in [-0.3, -0.25) is 0 Å². The normalized spacial score (nSPS) is 16.2. The Morgan fingerprint density at radius 3 is 2.68 bits per heavy atom. The predicted molar refractivity (Wildman–Crippen MR) is 90.7 cm³/mol. The van der Waals surface area contributed by atoms with Gasteiger partial charge in [-0.25, -0.2) is 0 Å². The minimum atomic E-state index is -1.47.